The number of rotatable bonds is 4. The summed E-state index contributed by atoms with van der Waals surface area (Å²) in [6.07, 6.45) is 5.19. The Hall–Kier alpha value is -1.65. The van der Waals surface area contributed by atoms with Crippen LogP contribution in [-0.4, -0.2) is 39.9 Å². The van der Waals surface area contributed by atoms with Crippen LogP contribution in [-0.2, 0) is 20.0 Å². The van der Waals surface area contributed by atoms with Gasteiger partial charge >= 0.3 is 0 Å². The molecule has 0 aliphatic carbocycles. The quantitative estimate of drug-likeness (QED) is 0.930. The zero-order valence-corrected chi connectivity index (χ0v) is 12.9. The van der Waals surface area contributed by atoms with E-state index in [4.69, 9.17) is 0 Å². The molecule has 3 rings (SSSR count). The minimum atomic E-state index is 0.545. The van der Waals surface area contributed by atoms with Gasteiger partial charge in [0.05, 0.1) is 6.20 Å². The van der Waals surface area contributed by atoms with Crippen LogP contribution in [0.3, 0.4) is 0 Å². The van der Waals surface area contributed by atoms with Gasteiger partial charge in [0.25, 0.3) is 0 Å². The van der Waals surface area contributed by atoms with E-state index in [0.717, 1.165) is 26.1 Å². The third-order valence-electron chi connectivity index (χ3n) is 4.18. The second-order valence-electron chi connectivity index (χ2n) is 6.10. The minimum absolute atomic E-state index is 0.545. The summed E-state index contributed by atoms with van der Waals surface area (Å²) in [5.41, 5.74) is 2.71. The Morgan fingerprint density at radius 3 is 2.76 bits per heavy atom. The zero-order chi connectivity index (χ0) is 14.7. The van der Waals surface area contributed by atoms with E-state index in [9.17, 15) is 0 Å². The molecule has 0 saturated carbocycles. The second kappa shape index (κ2) is 6.41. The zero-order valence-electron chi connectivity index (χ0n) is 12.9. The van der Waals surface area contributed by atoms with E-state index in [0.29, 0.717) is 12.1 Å². The Balaban J connectivity index is 1.70. The lowest BCUT2D eigenvalue weighted by Crippen LogP contribution is -2.55. The summed E-state index contributed by atoms with van der Waals surface area (Å²) in [7, 11) is 1.98. The molecule has 0 spiro atoms. The molecule has 112 valence electrons. The third-order valence-corrected chi connectivity index (χ3v) is 4.18. The molecular weight excluding hydrogens is 260 g/mol. The van der Waals surface area contributed by atoms with Gasteiger partial charge in [0.15, 0.2) is 0 Å². The SMILES string of the molecule is CC1CN(Cc2cnn(C)c2)C(Cc2ccccc2)CN1. The summed E-state index contributed by atoms with van der Waals surface area (Å²) >= 11 is 0. The number of nitrogens with zero attached hydrogens (tertiary/aromatic N) is 3. The van der Waals surface area contributed by atoms with Gasteiger partial charge in [0.2, 0.25) is 0 Å². The number of hydrogen-bond donors (Lipinski definition) is 1. The maximum absolute atomic E-state index is 4.28. The van der Waals surface area contributed by atoms with Gasteiger partial charge in [-0.15, -0.1) is 0 Å². The molecule has 2 aromatic rings. The first-order chi connectivity index (χ1) is 10.2. The Labute approximate surface area is 126 Å². The van der Waals surface area contributed by atoms with Gasteiger partial charge in [-0.2, -0.15) is 5.10 Å². The van der Waals surface area contributed by atoms with Crippen LogP contribution in [0.5, 0.6) is 0 Å². The van der Waals surface area contributed by atoms with E-state index >= 15 is 0 Å². The number of aromatic nitrogens is 2. The largest absolute Gasteiger partial charge is 0.311 e. The van der Waals surface area contributed by atoms with Crippen LogP contribution in [0.15, 0.2) is 42.7 Å². The minimum Gasteiger partial charge on any atom is -0.311 e. The molecule has 2 atom stereocenters. The molecule has 1 aromatic heterocycles. The lowest BCUT2D eigenvalue weighted by molar-refractivity contribution is 0.127. The van der Waals surface area contributed by atoms with Crippen LogP contribution in [0.1, 0.15) is 18.1 Å². The predicted molar refractivity (Wildman–Crippen MR) is 85.0 cm³/mol. The maximum atomic E-state index is 4.28. The number of piperazine rings is 1. The highest BCUT2D eigenvalue weighted by Crippen LogP contribution is 2.16. The van der Waals surface area contributed by atoms with Crippen LogP contribution >= 0.6 is 0 Å². The molecule has 4 nitrogen and oxygen atoms in total. The van der Waals surface area contributed by atoms with E-state index in [1.54, 1.807) is 0 Å². The molecule has 1 saturated heterocycles. The Morgan fingerprint density at radius 2 is 2.05 bits per heavy atom. The smallest absolute Gasteiger partial charge is 0.0534 e. The third kappa shape index (κ3) is 3.71. The van der Waals surface area contributed by atoms with Crippen molar-refractivity contribution in [2.24, 2.45) is 7.05 Å². The molecule has 21 heavy (non-hydrogen) atoms. The number of aryl methyl sites for hydroxylation is 1. The van der Waals surface area contributed by atoms with Gasteiger partial charge in [0, 0.05) is 50.5 Å². The molecule has 1 aliphatic rings. The Kier molecular flexibility index (Phi) is 4.36. The summed E-state index contributed by atoms with van der Waals surface area (Å²) in [4.78, 5) is 2.59. The number of benzene rings is 1. The summed E-state index contributed by atoms with van der Waals surface area (Å²) in [5.74, 6) is 0. The molecule has 4 heteroatoms. The molecular formula is C17H24N4. The predicted octanol–water partition coefficient (Wildman–Crippen LogP) is 1.83. The van der Waals surface area contributed by atoms with Crippen molar-refractivity contribution in [3.63, 3.8) is 0 Å². The highest BCUT2D eigenvalue weighted by Gasteiger charge is 2.26. The normalized spacial score (nSPS) is 23.3. The van der Waals surface area contributed by atoms with E-state index in [2.05, 4.69) is 58.8 Å². The average molecular weight is 284 g/mol. The standard InChI is InChI=1S/C17H24N4/c1-14-11-21(13-16-9-19-20(2)12-16)17(10-18-14)8-15-6-4-3-5-7-15/h3-7,9,12,14,17-18H,8,10-11,13H2,1-2H3. The summed E-state index contributed by atoms with van der Waals surface area (Å²) in [5, 5.41) is 7.90. The first kappa shape index (κ1) is 14.3. The number of nitrogens with one attached hydrogen (secondary N) is 1. The van der Waals surface area contributed by atoms with E-state index in [1.165, 1.54) is 11.1 Å². The maximum Gasteiger partial charge on any atom is 0.0534 e. The second-order valence-corrected chi connectivity index (χ2v) is 6.10. The molecule has 1 N–H and O–H groups in total. The monoisotopic (exact) mass is 284 g/mol. The molecule has 0 amide bonds. The van der Waals surface area contributed by atoms with Crippen LogP contribution in [0.25, 0.3) is 0 Å². The molecule has 2 unspecified atom stereocenters. The van der Waals surface area contributed by atoms with Crippen molar-refractivity contribution >= 4 is 0 Å². The first-order valence-electron chi connectivity index (χ1n) is 7.69. The molecule has 0 radical (unpaired) electrons. The molecule has 0 bridgehead atoms. The van der Waals surface area contributed by atoms with Crippen molar-refractivity contribution in [1.29, 1.82) is 0 Å². The fraction of sp³-hybridized carbons (Fsp3) is 0.471. The first-order valence-corrected chi connectivity index (χ1v) is 7.69. The summed E-state index contributed by atoms with van der Waals surface area (Å²) in [6, 6.07) is 11.9. The van der Waals surface area contributed by atoms with Gasteiger partial charge in [-0.05, 0) is 18.9 Å². The van der Waals surface area contributed by atoms with Gasteiger partial charge < -0.3 is 5.32 Å². The summed E-state index contributed by atoms with van der Waals surface area (Å²) in [6.45, 7) is 5.38. The van der Waals surface area contributed by atoms with Crippen molar-refractivity contribution in [2.45, 2.75) is 32.0 Å². The van der Waals surface area contributed by atoms with E-state index < -0.39 is 0 Å². The Bertz CT molecular complexity index is 563. The fourth-order valence-electron chi connectivity index (χ4n) is 3.10. The lowest BCUT2D eigenvalue weighted by atomic mass is 10.0. The molecule has 1 aromatic carbocycles. The van der Waals surface area contributed by atoms with Gasteiger partial charge in [-0.25, -0.2) is 0 Å². The number of hydrogen-bond acceptors (Lipinski definition) is 3. The molecule has 1 fully saturated rings. The van der Waals surface area contributed by atoms with Crippen molar-refractivity contribution in [3.8, 4) is 0 Å². The highest BCUT2D eigenvalue weighted by molar-refractivity contribution is 5.16. The Morgan fingerprint density at radius 1 is 1.24 bits per heavy atom. The fourth-order valence-corrected chi connectivity index (χ4v) is 3.10. The van der Waals surface area contributed by atoms with Gasteiger partial charge in [0.1, 0.15) is 0 Å². The van der Waals surface area contributed by atoms with Crippen molar-refractivity contribution in [3.05, 3.63) is 53.9 Å². The molecule has 2 heterocycles. The van der Waals surface area contributed by atoms with E-state index in [-0.39, 0.29) is 0 Å². The van der Waals surface area contributed by atoms with Crippen LogP contribution in [0.2, 0.25) is 0 Å². The van der Waals surface area contributed by atoms with Gasteiger partial charge in [-0.3, -0.25) is 9.58 Å². The summed E-state index contributed by atoms with van der Waals surface area (Å²) < 4.78 is 1.88. The van der Waals surface area contributed by atoms with Crippen LogP contribution < -0.4 is 5.32 Å². The van der Waals surface area contributed by atoms with Gasteiger partial charge in [-0.1, -0.05) is 30.3 Å². The van der Waals surface area contributed by atoms with Crippen molar-refractivity contribution in [2.75, 3.05) is 13.1 Å². The topological polar surface area (TPSA) is 33.1 Å². The average Bonchev–Trinajstić information content (AvgIpc) is 2.88. The van der Waals surface area contributed by atoms with Crippen molar-refractivity contribution in [1.82, 2.24) is 20.0 Å². The van der Waals surface area contributed by atoms with Crippen LogP contribution in [0, 0.1) is 0 Å². The lowest BCUT2D eigenvalue weighted by Gasteiger charge is -2.39. The van der Waals surface area contributed by atoms with Crippen molar-refractivity contribution < 1.29 is 0 Å². The van der Waals surface area contributed by atoms with E-state index in [1.807, 2.05) is 17.9 Å². The van der Waals surface area contributed by atoms with Crippen LogP contribution in [0.4, 0.5) is 0 Å². The highest BCUT2D eigenvalue weighted by atomic mass is 15.3. The molecule has 1 aliphatic heterocycles.